The third kappa shape index (κ3) is 4.95. The molecule has 1 fully saturated rings. The molecule has 0 aliphatic carbocycles. The number of imide groups is 2. The van der Waals surface area contributed by atoms with Crippen molar-refractivity contribution in [2.45, 2.75) is 26.7 Å². The number of amides is 5. The Morgan fingerprint density at radius 1 is 1.04 bits per heavy atom. The van der Waals surface area contributed by atoms with Gasteiger partial charge in [0, 0.05) is 24.6 Å². The largest absolute Gasteiger partial charge is 0.490 e. The van der Waals surface area contributed by atoms with Crippen LogP contribution in [0.3, 0.4) is 0 Å². The van der Waals surface area contributed by atoms with Crippen molar-refractivity contribution in [2.75, 3.05) is 25.1 Å². The molecular formula is C17H21N3O6. The normalized spacial score (nSPS) is 13.5. The summed E-state index contributed by atoms with van der Waals surface area (Å²) in [6, 6.07) is 4.05. The van der Waals surface area contributed by atoms with Gasteiger partial charge in [-0.25, -0.2) is 4.79 Å². The first-order valence-corrected chi connectivity index (χ1v) is 8.28. The Morgan fingerprint density at radius 2 is 1.65 bits per heavy atom. The van der Waals surface area contributed by atoms with E-state index >= 15 is 0 Å². The Kier molecular flexibility index (Phi) is 6.54. The summed E-state index contributed by atoms with van der Waals surface area (Å²) in [5.41, 5.74) is 0.399. The minimum absolute atomic E-state index is 0.0880. The molecule has 2 N–H and O–H groups in total. The fraction of sp³-hybridized carbons (Fsp3) is 0.412. The fourth-order valence-corrected chi connectivity index (χ4v) is 2.40. The lowest BCUT2D eigenvalue weighted by Crippen LogP contribution is -2.43. The second kappa shape index (κ2) is 8.84. The average Bonchev–Trinajstić information content (AvgIpc) is 2.89. The number of carbonyl (C=O) groups is 4. The zero-order chi connectivity index (χ0) is 19.1. The lowest BCUT2D eigenvalue weighted by atomic mass is 10.2. The van der Waals surface area contributed by atoms with E-state index in [0.29, 0.717) is 30.4 Å². The van der Waals surface area contributed by atoms with Crippen LogP contribution in [0.1, 0.15) is 26.7 Å². The number of anilines is 1. The maximum atomic E-state index is 11.9. The summed E-state index contributed by atoms with van der Waals surface area (Å²) in [7, 11) is 0. The number of ether oxygens (including phenoxy) is 2. The van der Waals surface area contributed by atoms with Crippen LogP contribution in [0.2, 0.25) is 0 Å². The van der Waals surface area contributed by atoms with Gasteiger partial charge in [-0.05, 0) is 26.0 Å². The number of likely N-dealkylation sites (tertiary alicyclic amines) is 1. The molecule has 1 saturated heterocycles. The molecule has 9 nitrogen and oxygen atoms in total. The number of carbonyl (C=O) groups excluding carboxylic acids is 4. The number of nitrogens with one attached hydrogen (secondary N) is 2. The monoisotopic (exact) mass is 363 g/mol. The van der Waals surface area contributed by atoms with Crippen LogP contribution in [0.25, 0.3) is 0 Å². The van der Waals surface area contributed by atoms with Crippen LogP contribution in [0.4, 0.5) is 10.5 Å². The van der Waals surface area contributed by atoms with Gasteiger partial charge in [-0.2, -0.15) is 0 Å². The second-order valence-corrected chi connectivity index (χ2v) is 5.40. The average molecular weight is 363 g/mol. The highest BCUT2D eigenvalue weighted by atomic mass is 16.5. The number of urea groups is 1. The number of nitrogens with zero attached hydrogens (tertiary/aromatic N) is 1. The molecule has 0 unspecified atom stereocenters. The van der Waals surface area contributed by atoms with Crippen LogP contribution in [-0.2, 0) is 14.4 Å². The minimum Gasteiger partial charge on any atom is -0.490 e. The molecule has 0 spiro atoms. The van der Waals surface area contributed by atoms with E-state index in [1.54, 1.807) is 18.2 Å². The van der Waals surface area contributed by atoms with Gasteiger partial charge < -0.3 is 14.8 Å². The van der Waals surface area contributed by atoms with Crippen molar-refractivity contribution in [3.05, 3.63) is 18.2 Å². The lowest BCUT2D eigenvalue weighted by Gasteiger charge is -2.14. The van der Waals surface area contributed by atoms with E-state index in [-0.39, 0.29) is 12.8 Å². The molecule has 9 heteroatoms. The van der Waals surface area contributed by atoms with Gasteiger partial charge in [0.15, 0.2) is 11.5 Å². The van der Waals surface area contributed by atoms with Crippen LogP contribution in [-0.4, -0.2) is 48.4 Å². The van der Waals surface area contributed by atoms with Crippen molar-refractivity contribution < 1.29 is 28.7 Å². The van der Waals surface area contributed by atoms with Crippen LogP contribution in [0, 0.1) is 0 Å². The minimum atomic E-state index is -0.777. The van der Waals surface area contributed by atoms with E-state index in [1.165, 1.54) is 0 Å². The van der Waals surface area contributed by atoms with Gasteiger partial charge >= 0.3 is 6.03 Å². The van der Waals surface area contributed by atoms with E-state index in [0.717, 1.165) is 4.90 Å². The molecule has 0 aromatic heterocycles. The number of hydrogen-bond donors (Lipinski definition) is 2. The summed E-state index contributed by atoms with van der Waals surface area (Å²) in [5.74, 6) is -0.576. The van der Waals surface area contributed by atoms with Gasteiger partial charge in [0.1, 0.15) is 6.54 Å². The van der Waals surface area contributed by atoms with E-state index in [2.05, 4.69) is 10.6 Å². The molecule has 0 bridgehead atoms. The van der Waals surface area contributed by atoms with Gasteiger partial charge in [0.05, 0.1) is 13.2 Å². The van der Waals surface area contributed by atoms with Gasteiger partial charge in [0.25, 0.3) is 0 Å². The molecule has 1 aromatic rings. The zero-order valence-electron chi connectivity index (χ0n) is 14.7. The van der Waals surface area contributed by atoms with Crippen molar-refractivity contribution in [3.63, 3.8) is 0 Å². The van der Waals surface area contributed by atoms with Crippen LogP contribution in [0.5, 0.6) is 11.5 Å². The van der Waals surface area contributed by atoms with Gasteiger partial charge in [-0.15, -0.1) is 0 Å². The Labute approximate surface area is 150 Å². The lowest BCUT2D eigenvalue weighted by molar-refractivity contribution is -0.142. The van der Waals surface area contributed by atoms with E-state index in [4.69, 9.17) is 9.47 Å². The number of hydrogen-bond acceptors (Lipinski definition) is 6. The molecule has 1 aliphatic rings. The topological polar surface area (TPSA) is 114 Å². The summed E-state index contributed by atoms with van der Waals surface area (Å²) >= 11 is 0. The van der Waals surface area contributed by atoms with Crippen molar-refractivity contribution in [2.24, 2.45) is 0 Å². The molecule has 2 rings (SSSR count). The van der Waals surface area contributed by atoms with Gasteiger partial charge in [-0.1, -0.05) is 0 Å². The Balaban J connectivity index is 1.94. The first-order chi connectivity index (χ1) is 12.4. The summed E-state index contributed by atoms with van der Waals surface area (Å²) < 4.78 is 10.9. The van der Waals surface area contributed by atoms with Gasteiger partial charge in [-0.3, -0.25) is 24.6 Å². The fourth-order valence-electron chi connectivity index (χ4n) is 2.40. The molecule has 0 atom stereocenters. The highest BCUT2D eigenvalue weighted by molar-refractivity contribution is 6.07. The third-order valence-corrected chi connectivity index (χ3v) is 3.51. The highest BCUT2D eigenvalue weighted by Gasteiger charge is 2.30. The molecule has 5 amide bonds. The quantitative estimate of drug-likeness (QED) is 0.706. The van der Waals surface area contributed by atoms with E-state index in [1.807, 2.05) is 13.8 Å². The van der Waals surface area contributed by atoms with Crippen molar-refractivity contribution in [1.29, 1.82) is 0 Å². The van der Waals surface area contributed by atoms with Crippen molar-refractivity contribution in [3.8, 4) is 11.5 Å². The Hall–Kier alpha value is -3.10. The number of benzene rings is 1. The van der Waals surface area contributed by atoms with Crippen LogP contribution in [0.15, 0.2) is 18.2 Å². The molecule has 1 aromatic carbocycles. The van der Waals surface area contributed by atoms with Crippen molar-refractivity contribution >= 4 is 29.4 Å². The smallest absolute Gasteiger partial charge is 0.325 e. The van der Waals surface area contributed by atoms with Crippen molar-refractivity contribution in [1.82, 2.24) is 10.2 Å². The van der Waals surface area contributed by atoms with Gasteiger partial charge in [0.2, 0.25) is 17.7 Å². The summed E-state index contributed by atoms with van der Waals surface area (Å²) in [6.45, 7) is 4.08. The molecule has 140 valence electrons. The standard InChI is InChI=1S/C17H21N3O6/c1-3-25-12-6-5-11(9-13(12)26-4-2)18-17(24)19-14(21)10-20-15(22)7-8-16(20)23/h5-6,9H,3-4,7-8,10H2,1-2H3,(H2,18,19,21,24). The number of rotatable bonds is 7. The Bertz CT molecular complexity index is 702. The second-order valence-electron chi connectivity index (χ2n) is 5.40. The Morgan fingerprint density at radius 3 is 2.27 bits per heavy atom. The SMILES string of the molecule is CCOc1ccc(NC(=O)NC(=O)CN2C(=O)CCC2=O)cc1OCC. The molecule has 1 aliphatic heterocycles. The van der Waals surface area contributed by atoms with Crippen LogP contribution >= 0.6 is 0 Å². The van der Waals surface area contributed by atoms with E-state index < -0.39 is 30.3 Å². The summed E-state index contributed by atoms with van der Waals surface area (Å²) in [6.07, 6.45) is 0.176. The predicted molar refractivity (Wildman–Crippen MR) is 91.9 cm³/mol. The maximum absolute atomic E-state index is 11.9. The summed E-state index contributed by atoms with van der Waals surface area (Å²) in [5, 5.41) is 4.57. The molecule has 26 heavy (non-hydrogen) atoms. The molecule has 0 radical (unpaired) electrons. The molecular weight excluding hydrogens is 342 g/mol. The first kappa shape index (κ1) is 19.2. The summed E-state index contributed by atoms with van der Waals surface area (Å²) in [4.78, 5) is 47.6. The van der Waals surface area contributed by atoms with E-state index in [9.17, 15) is 19.2 Å². The maximum Gasteiger partial charge on any atom is 0.325 e. The third-order valence-electron chi connectivity index (χ3n) is 3.51. The highest BCUT2D eigenvalue weighted by Crippen LogP contribution is 2.30. The zero-order valence-corrected chi connectivity index (χ0v) is 14.7. The first-order valence-electron chi connectivity index (χ1n) is 8.28. The van der Waals surface area contributed by atoms with Crippen LogP contribution < -0.4 is 20.1 Å². The molecule has 1 heterocycles. The molecule has 0 saturated carbocycles. The predicted octanol–water partition coefficient (Wildman–Crippen LogP) is 1.28.